The summed E-state index contributed by atoms with van der Waals surface area (Å²) >= 11 is 0. The van der Waals surface area contributed by atoms with Gasteiger partial charge in [-0.15, -0.1) is 0 Å². The molecule has 172 valence electrons. The fourth-order valence-corrected chi connectivity index (χ4v) is 3.60. The second kappa shape index (κ2) is 12.1. The fraction of sp³-hybridized carbons (Fsp3) is 0.440. The number of hydrogen-bond acceptors (Lipinski definition) is 4. The molecule has 0 unspecified atom stereocenters. The third kappa shape index (κ3) is 6.99. The molecule has 3 aromatic rings. The van der Waals surface area contributed by atoms with Gasteiger partial charge in [-0.05, 0) is 63.7 Å². The van der Waals surface area contributed by atoms with Gasteiger partial charge in [-0.1, -0.05) is 24.3 Å². The summed E-state index contributed by atoms with van der Waals surface area (Å²) in [5.41, 5.74) is 3.44. The highest BCUT2D eigenvalue weighted by molar-refractivity contribution is 5.79. The number of rotatable bonds is 11. The van der Waals surface area contributed by atoms with E-state index in [0.717, 1.165) is 62.1 Å². The minimum absolute atomic E-state index is 0.714. The van der Waals surface area contributed by atoms with E-state index in [4.69, 9.17) is 4.74 Å². The van der Waals surface area contributed by atoms with Crippen molar-refractivity contribution in [1.29, 1.82) is 0 Å². The predicted molar refractivity (Wildman–Crippen MR) is 132 cm³/mol. The van der Waals surface area contributed by atoms with Crippen LogP contribution in [0.3, 0.4) is 0 Å². The van der Waals surface area contributed by atoms with Gasteiger partial charge in [0.2, 0.25) is 0 Å². The Morgan fingerprint density at radius 3 is 2.59 bits per heavy atom. The summed E-state index contributed by atoms with van der Waals surface area (Å²) in [6, 6.07) is 16.5. The topological polar surface area (TPSA) is 66.7 Å². The summed E-state index contributed by atoms with van der Waals surface area (Å²) < 4.78 is 8.07. The van der Waals surface area contributed by atoms with Crippen LogP contribution < -0.4 is 15.4 Å². The van der Waals surface area contributed by atoms with Crippen molar-refractivity contribution in [1.82, 2.24) is 25.1 Å². The zero-order valence-electron chi connectivity index (χ0n) is 19.8. The van der Waals surface area contributed by atoms with Crippen LogP contribution >= 0.6 is 0 Å². The molecule has 0 bridgehead atoms. The van der Waals surface area contributed by atoms with Crippen molar-refractivity contribution in [3.05, 3.63) is 59.9 Å². The maximum absolute atomic E-state index is 5.80. The van der Waals surface area contributed by atoms with E-state index < -0.39 is 0 Å². The molecular weight excluding hydrogens is 400 g/mol. The molecule has 32 heavy (non-hydrogen) atoms. The van der Waals surface area contributed by atoms with E-state index in [1.807, 2.05) is 18.2 Å². The lowest BCUT2D eigenvalue weighted by Gasteiger charge is -2.13. The molecule has 1 heterocycles. The molecule has 2 aromatic carbocycles. The highest BCUT2D eigenvalue weighted by atomic mass is 16.5. The maximum atomic E-state index is 5.80. The zero-order valence-corrected chi connectivity index (χ0v) is 19.8. The van der Waals surface area contributed by atoms with Gasteiger partial charge in [0.15, 0.2) is 5.96 Å². The van der Waals surface area contributed by atoms with Gasteiger partial charge in [-0.25, -0.2) is 4.98 Å². The Hall–Kier alpha value is -3.06. The van der Waals surface area contributed by atoms with Crippen LogP contribution in [0.5, 0.6) is 5.75 Å². The summed E-state index contributed by atoms with van der Waals surface area (Å²) in [5.74, 6) is 2.78. The van der Waals surface area contributed by atoms with Gasteiger partial charge in [0.25, 0.3) is 0 Å². The van der Waals surface area contributed by atoms with Crippen LogP contribution in [0.1, 0.15) is 24.2 Å². The Morgan fingerprint density at radius 1 is 1.06 bits per heavy atom. The van der Waals surface area contributed by atoms with Gasteiger partial charge >= 0.3 is 0 Å². The smallest absolute Gasteiger partial charge is 0.191 e. The van der Waals surface area contributed by atoms with E-state index in [1.54, 1.807) is 7.05 Å². The number of para-hydroxylation sites is 2. The lowest BCUT2D eigenvalue weighted by molar-refractivity contribution is 0.281. The van der Waals surface area contributed by atoms with E-state index in [0.29, 0.717) is 6.54 Å². The lowest BCUT2D eigenvalue weighted by Crippen LogP contribution is -2.37. The van der Waals surface area contributed by atoms with Crippen molar-refractivity contribution in [2.75, 3.05) is 40.8 Å². The minimum Gasteiger partial charge on any atom is -0.494 e. The van der Waals surface area contributed by atoms with Crippen LogP contribution in [-0.2, 0) is 13.1 Å². The molecule has 0 aliphatic rings. The Balaban J connectivity index is 1.38. The predicted octanol–water partition coefficient (Wildman–Crippen LogP) is 3.43. The molecule has 0 saturated carbocycles. The molecule has 0 saturated heterocycles. The number of fused-ring (bicyclic) bond motifs is 1. The van der Waals surface area contributed by atoms with Crippen LogP contribution in [-0.4, -0.2) is 61.2 Å². The van der Waals surface area contributed by atoms with Crippen LogP contribution in [0, 0.1) is 6.92 Å². The third-order valence-corrected chi connectivity index (χ3v) is 5.32. The second-order valence-corrected chi connectivity index (χ2v) is 8.15. The molecule has 0 amide bonds. The number of aromatic nitrogens is 2. The first-order valence-electron chi connectivity index (χ1n) is 11.3. The lowest BCUT2D eigenvalue weighted by atomic mass is 10.2. The highest BCUT2D eigenvalue weighted by Gasteiger charge is 2.06. The molecule has 2 N–H and O–H groups in total. The number of guanidine groups is 1. The van der Waals surface area contributed by atoms with Crippen molar-refractivity contribution < 1.29 is 4.74 Å². The molecule has 7 nitrogen and oxygen atoms in total. The highest BCUT2D eigenvalue weighted by Crippen LogP contribution is 2.15. The quantitative estimate of drug-likeness (QED) is 0.274. The standard InChI is InChI=1S/C25H36N6O/c1-20-29-23-9-5-6-10-24(23)31(20)17-7-15-27-25(26-2)28-19-21-11-13-22(14-12-21)32-18-8-16-30(3)4/h5-6,9-14H,7-8,15-19H2,1-4H3,(H2,26,27,28). The van der Waals surface area contributed by atoms with E-state index in [2.05, 4.69) is 81.4 Å². The third-order valence-electron chi connectivity index (χ3n) is 5.32. The van der Waals surface area contributed by atoms with Crippen LogP contribution in [0.25, 0.3) is 11.0 Å². The molecular formula is C25H36N6O. The Kier molecular flexibility index (Phi) is 8.92. The van der Waals surface area contributed by atoms with E-state index in [9.17, 15) is 0 Å². The SMILES string of the molecule is CN=C(NCCCn1c(C)nc2ccccc21)NCc1ccc(OCCCN(C)C)cc1. The fourth-order valence-electron chi connectivity index (χ4n) is 3.60. The maximum Gasteiger partial charge on any atom is 0.191 e. The number of ether oxygens (including phenoxy) is 1. The summed E-state index contributed by atoms with van der Waals surface area (Å²) in [4.78, 5) is 11.1. The number of imidazole rings is 1. The van der Waals surface area contributed by atoms with Gasteiger partial charge in [0.05, 0.1) is 17.6 Å². The van der Waals surface area contributed by atoms with E-state index >= 15 is 0 Å². The number of nitrogens with zero attached hydrogens (tertiary/aromatic N) is 4. The Bertz CT molecular complexity index is 993. The molecule has 0 aliphatic carbocycles. The van der Waals surface area contributed by atoms with Crippen LogP contribution in [0.4, 0.5) is 0 Å². The zero-order chi connectivity index (χ0) is 22.8. The largest absolute Gasteiger partial charge is 0.494 e. The van der Waals surface area contributed by atoms with Gasteiger partial charge < -0.3 is 24.8 Å². The van der Waals surface area contributed by atoms with Crippen molar-refractivity contribution >= 4 is 17.0 Å². The average Bonchev–Trinajstić information content (AvgIpc) is 3.12. The number of aryl methyl sites for hydroxylation is 2. The Labute approximate surface area is 191 Å². The number of hydrogen-bond donors (Lipinski definition) is 2. The molecule has 0 radical (unpaired) electrons. The monoisotopic (exact) mass is 436 g/mol. The van der Waals surface area contributed by atoms with Crippen molar-refractivity contribution in [3.63, 3.8) is 0 Å². The Morgan fingerprint density at radius 2 is 1.84 bits per heavy atom. The molecule has 1 aromatic heterocycles. The summed E-state index contributed by atoms with van der Waals surface area (Å²) in [6.07, 6.45) is 2.01. The van der Waals surface area contributed by atoms with Gasteiger partial charge in [-0.3, -0.25) is 4.99 Å². The molecule has 0 atom stereocenters. The van der Waals surface area contributed by atoms with Gasteiger partial charge in [0, 0.05) is 33.2 Å². The number of nitrogens with one attached hydrogen (secondary N) is 2. The van der Waals surface area contributed by atoms with E-state index in [1.165, 1.54) is 11.1 Å². The second-order valence-electron chi connectivity index (χ2n) is 8.15. The van der Waals surface area contributed by atoms with Crippen molar-refractivity contribution in [2.24, 2.45) is 4.99 Å². The molecule has 7 heteroatoms. The molecule has 0 aliphatic heterocycles. The number of aliphatic imine (C=N–C) groups is 1. The summed E-state index contributed by atoms with van der Waals surface area (Å²) in [5, 5.41) is 6.78. The molecule has 0 fully saturated rings. The van der Waals surface area contributed by atoms with Gasteiger partial charge in [0.1, 0.15) is 11.6 Å². The van der Waals surface area contributed by atoms with Gasteiger partial charge in [-0.2, -0.15) is 0 Å². The van der Waals surface area contributed by atoms with Crippen LogP contribution in [0.15, 0.2) is 53.5 Å². The van der Waals surface area contributed by atoms with Crippen molar-refractivity contribution in [2.45, 2.75) is 32.9 Å². The summed E-state index contributed by atoms with van der Waals surface area (Å²) in [6.45, 7) is 6.31. The van der Waals surface area contributed by atoms with Crippen LogP contribution in [0.2, 0.25) is 0 Å². The average molecular weight is 437 g/mol. The normalized spacial score (nSPS) is 11.8. The van der Waals surface area contributed by atoms with E-state index in [-0.39, 0.29) is 0 Å². The molecule has 3 rings (SSSR count). The first-order chi connectivity index (χ1) is 15.6. The van der Waals surface area contributed by atoms with Crippen molar-refractivity contribution in [3.8, 4) is 5.75 Å². The number of benzene rings is 2. The summed E-state index contributed by atoms with van der Waals surface area (Å²) in [7, 11) is 5.95. The minimum atomic E-state index is 0.714. The first kappa shape index (κ1) is 23.6. The first-order valence-corrected chi connectivity index (χ1v) is 11.3. The molecule has 0 spiro atoms.